The number of rotatable bonds is 3. The molecule has 8 heteroatoms. The van der Waals surface area contributed by atoms with Crippen molar-refractivity contribution in [1.29, 1.82) is 0 Å². The second-order valence-electron chi connectivity index (χ2n) is 2.96. The van der Waals surface area contributed by atoms with Crippen molar-refractivity contribution >= 4 is 32.3 Å². The molecule has 0 atom stereocenters. The lowest BCUT2D eigenvalue weighted by Gasteiger charge is -2.07. The van der Waals surface area contributed by atoms with Crippen LogP contribution < -0.4 is 4.72 Å². The summed E-state index contributed by atoms with van der Waals surface area (Å²) in [7, 11) is -3.65. The molecule has 0 fully saturated rings. The molecular formula is C8H7N3O3S2. The lowest BCUT2D eigenvalue weighted by molar-refractivity contribution is -0.113. The number of hydrogen-bond donors (Lipinski definition) is 1. The van der Waals surface area contributed by atoms with E-state index in [1.165, 1.54) is 23.7 Å². The minimum atomic E-state index is -3.65. The molecule has 1 aromatic rings. The second kappa shape index (κ2) is 4.14. The van der Waals surface area contributed by atoms with Crippen molar-refractivity contribution in [2.75, 3.05) is 4.72 Å². The average molecular weight is 257 g/mol. The predicted molar refractivity (Wildman–Crippen MR) is 59.3 cm³/mol. The van der Waals surface area contributed by atoms with Gasteiger partial charge >= 0.3 is 0 Å². The number of nitrogens with zero attached hydrogens (tertiary/aromatic N) is 2. The van der Waals surface area contributed by atoms with E-state index >= 15 is 0 Å². The van der Waals surface area contributed by atoms with E-state index in [0.717, 1.165) is 11.3 Å². The first kappa shape index (κ1) is 11.0. The van der Waals surface area contributed by atoms with E-state index in [1.54, 1.807) is 0 Å². The molecule has 0 saturated carbocycles. The topological polar surface area (TPSA) is 89.0 Å². The Kier molecular flexibility index (Phi) is 2.84. The van der Waals surface area contributed by atoms with Crippen LogP contribution in [0.25, 0.3) is 0 Å². The number of carbonyl (C=O) groups excluding carboxylic acids is 1. The van der Waals surface area contributed by atoms with E-state index in [9.17, 15) is 13.2 Å². The summed E-state index contributed by atoms with van der Waals surface area (Å²) in [4.78, 5) is 11.0. The van der Waals surface area contributed by atoms with E-state index in [4.69, 9.17) is 0 Å². The molecule has 0 aromatic carbocycles. The molecule has 84 valence electrons. The summed E-state index contributed by atoms with van der Waals surface area (Å²) in [5.41, 5.74) is 1.42. The molecule has 1 heterocycles. The quantitative estimate of drug-likeness (QED) is 0.860. The standard InChI is InChI=1S/C8H7N3O3S2/c12-6-1-3-7(4-2-6)16(13,14)11-8-10-9-5-15-8/h1,3-5H,2H2,(H,10,11). The Morgan fingerprint density at radius 3 is 2.75 bits per heavy atom. The minimum Gasteiger partial charge on any atom is -0.295 e. The first-order chi connectivity index (χ1) is 7.58. The molecule has 16 heavy (non-hydrogen) atoms. The van der Waals surface area contributed by atoms with E-state index in [0.29, 0.717) is 0 Å². The van der Waals surface area contributed by atoms with Crippen molar-refractivity contribution in [3.05, 3.63) is 28.6 Å². The van der Waals surface area contributed by atoms with Gasteiger partial charge in [0.25, 0.3) is 10.0 Å². The van der Waals surface area contributed by atoms with Crippen molar-refractivity contribution in [2.45, 2.75) is 6.42 Å². The van der Waals surface area contributed by atoms with Crippen LogP contribution in [0.3, 0.4) is 0 Å². The Morgan fingerprint density at radius 2 is 2.19 bits per heavy atom. The fourth-order valence-electron chi connectivity index (χ4n) is 1.10. The average Bonchev–Trinajstić information content (AvgIpc) is 2.70. The van der Waals surface area contributed by atoms with Gasteiger partial charge < -0.3 is 0 Å². The van der Waals surface area contributed by atoms with Crippen LogP contribution in [0, 0.1) is 0 Å². The van der Waals surface area contributed by atoms with Crippen LogP contribution in [-0.2, 0) is 14.8 Å². The maximum Gasteiger partial charge on any atom is 0.263 e. The molecule has 0 radical (unpaired) electrons. The molecule has 1 aromatic heterocycles. The lowest BCUT2D eigenvalue weighted by atomic mass is 10.2. The molecule has 1 aliphatic rings. The van der Waals surface area contributed by atoms with Crippen LogP contribution >= 0.6 is 11.3 Å². The summed E-state index contributed by atoms with van der Waals surface area (Å²) in [6.07, 6.45) is 3.98. The minimum absolute atomic E-state index is 0.0716. The van der Waals surface area contributed by atoms with Crippen molar-refractivity contribution in [3.63, 3.8) is 0 Å². The third kappa shape index (κ3) is 2.34. The van der Waals surface area contributed by atoms with E-state index < -0.39 is 10.0 Å². The molecule has 0 bridgehead atoms. The molecule has 2 rings (SSSR count). The summed E-state index contributed by atoms with van der Waals surface area (Å²) >= 11 is 1.08. The number of sulfonamides is 1. The predicted octanol–water partition coefficient (Wildman–Crippen LogP) is 0.693. The monoisotopic (exact) mass is 257 g/mol. The zero-order valence-corrected chi connectivity index (χ0v) is 9.59. The summed E-state index contributed by atoms with van der Waals surface area (Å²) in [5.74, 6) is -0.116. The van der Waals surface area contributed by atoms with Crippen LogP contribution in [0.4, 0.5) is 5.13 Å². The van der Waals surface area contributed by atoms with Crippen LogP contribution in [0.5, 0.6) is 0 Å². The van der Waals surface area contributed by atoms with Gasteiger partial charge in [0.05, 0.1) is 4.91 Å². The van der Waals surface area contributed by atoms with Gasteiger partial charge in [-0.05, 0) is 12.2 Å². The highest BCUT2D eigenvalue weighted by molar-refractivity contribution is 7.96. The SMILES string of the molecule is O=C1C=CC(S(=O)(=O)Nc2nncs2)=CC1. The third-order valence-corrected chi connectivity index (χ3v) is 3.95. The van der Waals surface area contributed by atoms with Gasteiger partial charge in [0, 0.05) is 6.42 Å². The zero-order chi connectivity index (χ0) is 11.6. The number of anilines is 1. The van der Waals surface area contributed by atoms with E-state index in [1.807, 2.05) is 0 Å². The number of hydrogen-bond acceptors (Lipinski definition) is 6. The second-order valence-corrected chi connectivity index (χ2v) is 5.48. The Morgan fingerprint density at radius 1 is 1.38 bits per heavy atom. The van der Waals surface area contributed by atoms with Gasteiger partial charge in [0.1, 0.15) is 5.51 Å². The Balaban J connectivity index is 2.21. The molecule has 1 N–H and O–H groups in total. The first-order valence-corrected chi connectivity index (χ1v) is 6.64. The molecule has 0 spiro atoms. The van der Waals surface area contributed by atoms with Crippen molar-refractivity contribution in [1.82, 2.24) is 10.2 Å². The lowest BCUT2D eigenvalue weighted by Crippen LogP contribution is -2.15. The van der Waals surface area contributed by atoms with E-state index in [2.05, 4.69) is 14.9 Å². The molecule has 0 unspecified atom stereocenters. The fraction of sp³-hybridized carbons (Fsp3) is 0.125. The van der Waals surface area contributed by atoms with Gasteiger partial charge in [-0.2, -0.15) is 0 Å². The highest BCUT2D eigenvalue weighted by Crippen LogP contribution is 2.18. The van der Waals surface area contributed by atoms with Crippen molar-refractivity contribution in [2.24, 2.45) is 0 Å². The number of ketones is 1. The van der Waals surface area contributed by atoms with Crippen molar-refractivity contribution < 1.29 is 13.2 Å². The van der Waals surface area contributed by atoms with Gasteiger partial charge in [0.15, 0.2) is 5.78 Å². The number of aromatic nitrogens is 2. The molecular weight excluding hydrogens is 250 g/mol. The maximum absolute atomic E-state index is 11.8. The van der Waals surface area contributed by atoms with Crippen LogP contribution in [0.1, 0.15) is 6.42 Å². The van der Waals surface area contributed by atoms with Crippen LogP contribution in [0.2, 0.25) is 0 Å². The van der Waals surface area contributed by atoms with Gasteiger partial charge in [0.2, 0.25) is 5.13 Å². The molecule has 0 saturated heterocycles. The summed E-state index contributed by atoms with van der Waals surface area (Å²) in [6.45, 7) is 0. The number of nitrogens with one attached hydrogen (secondary N) is 1. The van der Waals surface area contributed by atoms with Gasteiger partial charge in [-0.15, -0.1) is 10.2 Å². The number of carbonyl (C=O) groups is 1. The van der Waals surface area contributed by atoms with Crippen LogP contribution in [0.15, 0.2) is 28.6 Å². The molecule has 1 aliphatic carbocycles. The summed E-state index contributed by atoms with van der Waals surface area (Å²) in [6, 6.07) is 0. The highest BCUT2D eigenvalue weighted by Gasteiger charge is 2.19. The first-order valence-electron chi connectivity index (χ1n) is 4.28. The summed E-state index contributed by atoms with van der Waals surface area (Å²) < 4.78 is 25.8. The zero-order valence-electron chi connectivity index (χ0n) is 7.95. The van der Waals surface area contributed by atoms with Gasteiger partial charge in [-0.25, -0.2) is 8.42 Å². The van der Waals surface area contributed by atoms with Gasteiger partial charge in [-0.1, -0.05) is 17.4 Å². The third-order valence-electron chi connectivity index (χ3n) is 1.83. The Labute approximate surface area is 95.8 Å². The highest BCUT2D eigenvalue weighted by atomic mass is 32.2. The summed E-state index contributed by atoms with van der Waals surface area (Å²) in [5, 5.41) is 7.28. The van der Waals surface area contributed by atoms with Crippen LogP contribution in [-0.4, -0.2) is 24.4 Å². The largest absolute Gasteiger partial charge is 0.295 e. The normalized spacial score (nSPS) is 16.0. The number of allylic oxidation sites excluding steroid dienone is 3. The molecule has 0 amide bonds. The maximum atomic E-state index is 11.8. The van der Waals surface area contributed by atoms with E-state index in [-0.39, 0.29) is 22.2 Å². The van der Waals surface area contributed by atoms with Gasteiger partial charge in [-0.3, -0.25) is 9.52 Å². The molecule has 0 aliphatic heterocycles. The Hall–Kier alpha value is -1.54. The van der Waals surface area contributed by atoms with Crippen molar-refractivity contribution in [3.8, 4) is 0 Å². The smallest absolute Gasteiger partial charge is 0.263 e. The fourth-order valence-corrected chi connectivity index (χ4v) is 2.85. The Bertz CT molecular complexity index is 557. The molecule has 6 nitrogen and oxygen atoms in total.